The predicted octanol–water partition coefficient (Wildman–Crippen LogP) is 2.19. The number of thiazole rings is 1. The van der Waals surface area contributed by atoms with Gasteiger partial charge in [-0.3, -0.25) is 0 Å². The fraction of sp³-hybridized carbons (Fsp3) is 0.462. The van der Waals surface area contributed by atoms with Crippen molar-refractivity contribution in [3.63, 3.8) is 0 Å². The van der Waals surface area contributed by atoms with E-state index in [0.29, 0.717) is 6.04 Å². The van der Waals surface area contributed by atoms with Crippen molar-refractivity contribution >= 4 is 26.7 Å². The van der Waals surface area contributed by atoms with Crippen molar-refractivity contribution in [2.75, 3.05) is 25.0 Å². The summed E-state index contributed by atoms with van der Waals surface area (Å²) >= 11 is 1.66. The molecule has 0 radical (unpaired) electrons. The molecule has 0 aliphatic carbocycles. The van der Waals surface area contributed by atoms with E-state index in [9.17, 15) is 5.11 Å². The van der Waals surface area contributed by atoms with Crippen molar-refractivity contribution in [1.82, 2.24) is 10.3 Å². The van der Waals surface area contributed by atoms with Crippen LogP contribution in [0.1, 0.15) is 12.8 Å². The molecule has 1 aliphatic heterocycles. The maximum absolute atomic E-state index is 9.78. The molecule has 0 amide bonds. The number of piperidine rings is 1. The molecule has 0 atom stereocenters. The lowest BCUT2D eigenvalue weighted by Gasteiger charge is -2.31. The molecular weight excluding hydrogens is 246 g/mol. The SMILES string of the molecule is CNC1CCN(c2nc3c(O)cccc3s2)CC1. The van der Waals surface area contributed by atoms with E-state index in [2.05, 4.69) is 15.2 Å². The molecule has 0 saturated carbocycles. The summed E-state index contributed by atoms with van der Waals surface area (Å²) in [6, 6.07) is 6.20. The van der Waals surface area contributed by atoms with Crippen LogP contribution in [0.5, 0.6) is 5.75 Å². The molecule has 18 heavy (non-hydrogen) atoms. The highest BCUT2D eigenvalue weighted by molar-refractivity contribution is 7.22. The van der Waals surface area contributed by atoms with Crippen molar-refractivity contribution in [2.24, 2.45) is 0 Å². The third-order valence-electron chi connectivity index (χ3n) is 3.56. The number of nitrogens with one attached hydrogen (secondary N) is 1. The maximum atomic E-state index is 9.78. The first-order valence-corrected chi connectivity index (χ1v) is 7.10. The van der Waals surface area contributed by atoms with E-state index >= 15 is 0 Å². The van der Waals surface area contributed by atoms with Gasteiger partial charge in [0.1, 0.15) is 11.3 Å². The maximum Gasteiger partial charge on any atom is 0.186 e. The molecule has 1 aliphatic rings. The van der Waals surface area contributed by atoms with Crippen LogP contribution < -0.4 is 10.2 Å². The average molecular weight is 263 g/mol. The van der Waals surface area contributed by atoms with Gasteiger partial charge >= 0.3 is 0 Å². The third kappa shape index (κ3) is 2.04. The largest absolute Gasteiger partial charge is 0.506 e. The van der Waals surface area contributed by atoms with Gasteiger partial charge in [0.15, 0.2) is 5.13 Å². The second kappa shape index (κ2) is 4.74. The quantitative estimate of drug-likeness (QED) is 0.872. The number of phenolic OH excluding ortho intramolecular Hbond substituents is 1. The lowest BCUT2D eigenvalue weighted by atomic mass is 10.1. The Kier molecular flexibility index (Phi) is 3.09. The highest BCUT2D eigenvalue weighted by Gasteiger charge is 2.20. The van der Waals surface area contributed by atoms with Crippen LogP contribution in [-0.4, -0.2) is 36.3 Å². The summed E-state index contributed by atoms with van der Waals surface area (Å²) in [4.78, 5) is 6.88. The summed E-state index contributed by atoms with van der Waals surface area (Å²) in [5.74, 6) is 0.278. The van der Waals surface area contributed by atoms with Gasteiger partial charge in [0, 0.05) is 19.1 Å². The number of anilines is 1. The Bertz CT molecular complexity index is 546. The molecule has 0 bridgehead atoms. The van der Waals surface area contributed by atoms with Crippen molar-refractivity contribution in [3.8, 4) is 5.75 Å². The fourth-order valence-electron chi connectivity index (χ4n) is 2.42. The topological polar surface area (TPSA) is 48.4 Å². The van der Waals surface area contributed by atoms with Crippen LogP contribution in [0.2, 0.25) is 0 Å². The van der Waals surface area contributed by atoms with Gasteiger partial charge in [0.25, 0.3) is 0 Å². The van der Waals surface area contributed by atoms with E-state index < -0.39 is 0 Å². The summed E-state index contributed by atoms with van der Waals surface area (Å²) in [5, 5.41) is 14.1. The van der Waals surface area contributed by atoms with Crippen LogP contribution in [0.15, 0.2) is 18.2 Å². The highest BCUT2D eigenvalue weighted by Crippen LogP contribution is 2.34. The predicted molar refractivity (Wildman–Crippen MR) is 75.6 cm³/mol. The molecule has 1 saturated heterocycles. The molecule has 4 nitrogen and oxygen atoms in total. The number of aromatic hydroxyl groups is 1. The standard InChI is InChI=1S/C13H17N3OS/c1-14-9-5-7-16(8-6-9)13-15-12-10(17)3-2-4-11(12)18-13/h2-4,9,14,17H,5-8H2,1H3. The van der Waals surface area contributed by atoms with Gasteiger partial charge in [-0.25, -0.2) is 4.98 Å². The molecule has 2 N–H and O–H groups in total. The summed E-state index contributed by atoms with van der Waals surface area (Å²) in [7, 11) is 2.02. The number of hydrogen-bond donors (Lipinski definition) is 2. The van der Waals surface area contributed by atoms with Gasteiger partial charge in [0.05, 0.1) is 4.70 Å². The molecule has 1 fully saturated rings. The molecular formula is C13H17N3OS. The van der Waals surface area contributed by atoms with E-state index in [1.54, 1.807) is 17.4 Å². The average Bonchev–Trinajstić information content (AvgIpc) is 2.84. The Morgan fingerprint density at radius 3 is 2.83 bits per heavy atom. The Morgan fingerprint density at radius 2 is 2.17 bits per heavy atom. The normalized spacial score (nSPS) is 17.5. The van der Waals surface area contributed by atoms with Crippen LogP contribution in [0.3, 0.4) is 0 Å². The van der Waals surface area contributed by atoms with Gasteiger partial charge < -0.3 is 15.3 Å². The highest BCUT2D eigenvalue weighted by atomic mass is 32.1. The zero-order valence-corrected chi connectivity index (χ0v) is 11.2. The van der Waals surface area contributed by atoms with Crippen LogP contribution >= 0.6 is 11.3 Å². The van der Waals surface area contributed by atoms with Crippen molar-refractivity contribution in [2.45, 2.75) is 18.9 Å². The van der Waals surface area contributed by atoms with Crippen molar-refractivity contribution < 1.29 is 5.11 Å². The number of rotatable bonds is 2. The zero-order chi connectivity index (χ0) is 12.5. The van der Waals surface area contributed by atoms with Gasteiger partial charge in [-0.15, -0.1) is 0 Å². The molecule has 2 heterocycles. The number of fused-ring (bicyclic) bond motifs is 1. The minimum atomic E-state index is 0.278. The van der Waals surface area contributed by atoms with Gasteiger partial charge in [-0.1, -0.05) is 17.4 Å². The Morgan fingerprint density at radius 1 is 1.39 bits per heavy atom. The molecule has 96 valence electrons. The molecule has 5 heteroatoms. The van der Waals surface area contributed by atoms with Gasteiger partial charge in [-0.05, 0) is 32.0 Å². The third-order valence-corrected chi connectivity index (χ3v) is 4.64. The monoisotopic (exact) mass is 263 g/mol. The summed E-state index contributed by atoms with van der Waals surface area (Å²) in [5.41, 5.74) is 0.730. The van der Waals surface area contributed by atoms with Crippen molar-refractivity contribution in [1.29, 1.82) is 0 Å². The van der Waals surface area contributed by atoms with E-state index in [1.165, 1.54) is 0 Å². The van der Waals surface area contributed by atoms with Crippen LogP contribution in [0.25, 0.3) is 10.2 Å². The number of para-hydroxylation sites is 1. The summed E-state index contributed by atoms with van der Waals surface area (Å²) < 4.78 is 1.06. The minimum Gasteiger partial charge on any atom is -0.506 e. The Labute approximate surface area is 110 Å². The summed E-state index contributed by atoms with van der Waals surface area (Å²) in [6.45, 7) is 2.07. The van der Waals surface area contributed by atoms with Crippen LogP contribution in [0, 0.1) is 0 Å². The molecule has 1 aromatic heterocycles. The number of hydrogen-bond acceptors (Lipinski definition) is 5. The molecule has 0 spiro atoms. The molecule has 3 rings (SSSR count). The molecule has 1 aromatic carbocycles. The first-order chi connectivity index (χ1) is 8.78. The number of nitrogens with zero attached hydrogens (tertiary/aromatic N) is 2. The van der Waals surface area contributed by atoms with Crippen molar-refractivity contribution in [3.05, 3.63) is 18.2 Å². The second-order valence-electron chi connectivity index (χ2n) is 4.67. The van der Waals surface area contributed by atoms with Gasteiger partial charge in [0.2, 0.25) is 0 Å². The summed E-state index contributed by atoms with van der Waals surface area (Å²) in [6.07, 6.45) is 2.30. The number of benzene rings is 1. The van der Waals surface area contributed by atoms with E-state index in [1.807, 2.05) is 19.2 Å². The molecule has 0 unspecified atom stereocenters. The lowest BCUT2D eigenvalue weighted by molar-refractivity contribution is 0.442. The second-order valence-corrected chi connectivity index (χ2v) is 5.68. The van der Waals surface area contributed by atoms with E-state index in [-0.39, 0.29) is 5.75 Å². The number of phenols is 1. The van der Waals surface area contributed by atoms with Crippen LogP contribution in [0.4, 0.5) is 5.13 Å². The van der Waals surface area contributed by atoms with E-state index in [0.717, 1.165) is 41.3 Å². The Balaban J connectivity index is 1.85. The van der Waals surface area contributed by atoms with E-state index in [4.69, 9.17) is 0 Å². The lowest BCUT2D eigenvalue weighted by Crippen LogP contribution is -2.41. The first-order valence-electron chi connectivity index (χ1n) is 6.28. The Hall–Kier alpha value is -1.33. The minimum absolute atomic E-state index is 0.278. The smallest absolute Gasteiger partial charge is 0.186 e. The number of aromatic nitrogens is 1. The van der Waals surface area contributed by atoms with Crippen LogP contribution in [-0.2, 0) is 0 Å². The fourth-order valence-corrected chi connectivity index (χ4v) is 3.46. The zero-order valence-electron chi connectivity index (χ0n) is 10.4. The molecule has 2 aromatic rings. The van der Waals surface area contributed by atoms with Gasteiger partial charge in [-0.2, -0.15) is 0 Å². The first kappa shape index (κ1) is 11.7.